The van der Waals surface area contributed by atoms with Gasteiger partial charge >= 0.3 is 6.08 Å². The van der Waals surface area contributed by atoms with Gasteiger partial charge in [0.25, 0.3) is 0 Å². The fourth-order valence-electron chi connectivity index (χ4n) is 7.74. The first-order chi connectivity index (χ1) is 15.8. The van der Waals surface area contributed by atoms with Crippen LogP contribution in [0.15, 0.2) is 42.8 Å². The molecule has 0 spiro atoms. The average molecular weight is 461 g/mol. The molecule has 4 rings (SSSR count). The van der Waals surface area contributed by atoms with Gasteiger partial charge in [-0.15, -0.1) is 6.58 Å². The van der Waals surface area contributed by atoms with Crippen molar-refractivity contribution in [3.05, 3.63) is 59.5 Å². The maximum Gasteiger partial charge on any atom is 0.304 e. The summed E-state index contributed by atoms with van der Waals surface area (Å²) >= 11 is 0. The van der Waals surface area contributed by atoms with Crippen LogP contribution in [0.3, 0.4) is 0 Å². The van der Waals surface area contributed by atoms with E-state index in [-0.39, 0.29) is 11.8 Å². The molecular formula is C29H39F3O. The Morgan fingerprint density at radius 1 is 1.12 bits per heavy atom. The zero-order valence-electron chi connectivity index (χ0n) is 20.0. The summed E-state index contributed by atoms with van der Waals surface area (Å²) in [6.07, 6.45) is 11.7. The average Bonchev–Trinajstić information content (AvgIpc) is 3.22. The maximum absolute atomic E-state index is 13.0. The first kappa shape index (κ1) is 24.6. The number of allylic oxidation sites excluding steroid dienone is 1. The fraction of sp³-hybridized carbons (Fsp3) is 0.655. The smallest absolute Gasteiger partial charge is 0.304 e. The Morgan fingerprint density at radius 2 is 1.91 bits per heavy atom. The molecular weight excluding hydrogens is 421 g/mol. The highest BCUT2D eigenvalue weighted by molar-refractivity contribution is 5.44. The number of aryl methyl sites for hydroxylation is 2. The molecule has 1 aromatic carbocycles. The second kappa shape index (κ2) is 9.98. The molecule has 1 nitrogen and oxygen atoms in total. The van der Waals surface area contributed by atoms with Crippen molar-refractivity contribution >= 4 is 0 Å². The number of halogens is 3. The van der Waals surface area contributed by atoms with E-state index >= 15 is 0 Å². The largest absolute Gasteiger partial charge is 0.386 e. The molecule has 3 aliphatic carbocycles. The quantitative estimate of drug-likeness (QED) is 0.290. The van der Waals surface area contributed by atoms with E-state index < -0.39 is 18.0 Å². The van der Waals surface area contributed by atoms with Gasteiger partial charge in [0.05, 0.1) is 0 Å². The predicted molar refractivity (Wildman–Crippen MR) is 128 cm³/mol. The van der Waals surface area contributed by atoms with Gasteiger partial charge in [-0.25, -0.2) is 4.39 Å². The summed E-state index contributed by atoms with van der Waals surface area (Å²) in [5, 5.41) is 9.47. The Labute approximate surface area is 197 Å². The van der Waals surface area contributed by atoms with E-state index in [1.807, 2.05) is 0 Å². The second-order valence-corrected chi connectivity index (χ2v) is 11.1. The van der Waals surface area contributed by atoms with Gasteiger partial charge in [-0.05, 0) is 97.1 Å². The summed E-state index contributed by atoms with van der Waals surface area (Å²) in [4.78, 5) is 0. The molecule has 0 aliphatic heterocycles. The minimum Gasteiger partial charge on any atom is -0.386 e. The highest BCUT2D eigenvalue weighted by Gasteiger charge is 2.57. The number of hydrogen-bond acceptors (Lipinski definition) is 1. The van der Waals surface area contributed by atoms with E-state index in [9.17, 15) is 18.3 Å². The zero-order valence-corrected chi connectivity index (χ0v) is 20.0. The Balaban J connectivity index is 1.41. The molecule has 2 saturated carbocycles. The first-order valence-corrected chi connectivity index (χ1v) is 13.0. The normalized spacial score (nSPS) is 31.3. The molecule has 0 heterocycles. The Kier molecular flexibility index (Phi) is 7.43. The van der Waals surface area contributed by atoms with Gasteiger partial charge in [0.2, 0.25) is 0 Å². The molecule has 1 unspecified atom stereocenters. The van der Waals surface area contributed by atoms with Crippen LogP contribution in [-0.4, -0.2) is 11.2 Å². The summed E-state index contributed by atoms with van der Waals surface area (Å²) in [7, 11) is 0. The molecule has 0 radical (unpaired) electrons. The van der Waals surface area contributed by atoms with Crippen LogP contribution < -0.4 is 0 Å². The van der Waals surface area contributed by atoms with Crippen LogP contribution in [0.25, 0.3) is 0 Å². The third kappa shape index (κ3) is 4.57. The SMILES string of the molecule is C=C[C@@]12CCc3cccc(CCCCCCC(O)C(F)=C(F)F)c3[C@H]1CC[C@]1(C)CCC[C@H]12. The van der Waals surface area contributed by atoms with Crippen LogP contribution in [0.4, 0.5) is 13.2 Å². The molecule has 3 aliphatic rings. The van der Waals surface area contributed by atoms with Crippen LogP contribution in [0.2, 0.25) is 0 Å². The van der Waals surface area contributed by atoms with E-state index in [2.05, 4.69) is 37.8 Å². The van der Waals surface area contributed by atoms with Crippen molar-refractivity contribution in [3.63, 3.8) is 0 Å². The van der Waals surface area contributed by atoms with Crippen LogP contribution >= 0.6 is 0 Å². The number of hydrogen-bond donors (Lipinski definition) is 1. The van der Waals surface area contributed by atoms with Crippen LogP contribution in [-0.2, 0) is 12.8 Å². The lowest BCUT2D eigenvalue weighted by molar-refractivity contribution is 0.00428. The number of aliphatic hydroxyl groups excluding tert-OH is 1. The van der Waals surface area contributed by atoms with Crippen molar-refractivity contribution in [2.75, 3.05) is 0 Å². The van der Waals surface area contributed by atoms with E-state index in [4.69, 9.17) is 0 Å². The Morgan fingerprint density at radius 3 is 2.67 bits per heavy atom. The second-order valence-electron chi connectivity index (χ2n) is 11.1. The van der Waals surface area contributed by atoms with E-state index in [0.29, 0.717) is 17.8 Å². The van der Waals surface area contributed by atoms with E-state index in [0.717, 1.165) is 38.0 Å². The topological polar surface area (TPSA) is 20.2 Å². The summed E-state index contributed by atoms with van der Waals surface area (Å²) in [5.74, 6) is -0.355. The zero-order chi connectivity index (χ0) is 23.6. The lowest BCUT2D eigenvalue weighted by Crippen LogP contribution is -2.48. The number of unbranched alkanes of at least 4 members (excludes halogenated alkanes) is 3. The molecule has 1 aromatic rings. The summed E-state index contributed by atoms with van der Waals surface area (Å²) in [6.45, 7) is 6.91. The first-order valence-electron chi connectivity index (χ1n) is 13.0. The van der Waals surface area contributed by atoms with Crippen molar-refractivity contribution < 1.29 is 18.3 Å². The van der Waals surface area contributed by atoms with Gasteiger partial charge in [-0.3, -0.25) is 0 Å². The van der Waals surface area contributed by atoms with Gasteiger partial charge < -0.3 is 5.11 Å². The fourth-order valence-corrected chi connectivity index (χ4v) is 7.74. The molecule has 0 amide bonds. The summed E-state index contributed by atoms with van der Waals surface area (Å²) < 4.78 is 37.5. The van der Waals surface area contributed by atoms with Gasteiger partial charge in [0, 0.05) is 0 Å². The third-order valence-electron chi connectivity index (χ3n) is 9.37. The number of benzene rings is 1. The molecule has 5 atom stereocenters. The van der Waals surface area contributed by atoms with Gasteiger partial charge in [-0.2, -0.15) is 8.78 Å². The monoisotopic (exact) mass is 460 g/mol. The van der Waals surface area contributed by atoms with Crippen molar-refractivity contribution in [1.82, 2.24) is 0 Å². The molecule has 4 heteroatoms. The molecule has 1 N–H and O–H groups in total. The minimum absolute atomic E-state index is 0.0496. The molecule has 33 heavy (non-hydrogen) atoms. The van der Waals surface area contributed by atoms with E-state index in [1.54, 1.807) is 5.56 Å². The lowest BCUT2D eigenvalue weighted by atomic mass is 9.47. The van der Waals surface area contributed by atoms with Crippen LogP contribution in [0.1, 0.15) is 100 Å². The lowest BCUT2D eigenvalue weighted by Gasteiger charge is -2.57. The molecule has 182 valence electrons. The standard InChI is InChI=1S/C29H39F3O/c1-3-29-19-15-21-12-8-11-20(10-6-4-5-7-13-23(33)26(30)27(31)32)25(21)22(29)16-18-28(2)17-9-14-24(28)29/h3,8,11-12,22-24,33H,1,4-7,9-10,13-19H2,2H3/t22-,23?,24-,28+,29-/m1/s1. The van der Waals surface area contributed by atoms with Crippen LogP contribution in [0, 0.1) is 16.7 Å². The van der Waals surface area contributed by atoms with Crippen molar-refractivity contribution in [1.29, 1.82) is 0 Å². The van der Waals surface area contributed by atoms with Crippen molar-refractivity contribution in [2.45, 2.75) is 102 Å². The maximum atomic E-state index is 13.0. The minimum atomic E-state index is -2.41. The molecule has 0 aromatic heterocycles. The number of aliphatic hydroxyl groups is 1. The highest BCUT2D eigenvalue weighted by Crippen LogP contribution is 2.67. The summed E-state index contributed by atoms with van der Waals surface area (Å²) in [6, 6.07) is 6.82. The molecule has 2 fully saturated rings. The van der Waals surface area contributed by atoms with Gasteiger partial charge in [0.15, 0.2) is 5.83 Å². The highest BCUT2D eigenvalue weighted by atomic mass is 19.3. The van der Waals surface area contributed by atoms with E-state index in [1.165, 1.54) is 49.7 Å². The van der Waals surface area contributed by atoms with Gasteiger partial charge in [-0.1, -0.05) is 56.9 Å². The number of fused-ring (bicyclic) bond motifs is 5. The van der Waals surface area contributed by atoms with Gasteiger partial charge in [0.1, 0.15) is 6.10 Å². The van der Waals surface area contributed by atoms with Crippen LogP contribution in [0.5, 0.6) is 0 Å². The predicted octanol–water partition coefficient (Wildman–Crippen LogP) is 8.42. The third-order valence-corrected chi connectivity index (χ3v) is 9.37. The number of rotatable bonds is 9. The van der Waals surface area contributed by atoms with Crippen molar-refractivity contribution in [2.24, 2.45) is 16.7 Å². The summed E-state index contributed by atoms with van der Waals surface area (Å²) in [5.41, 5.74) is 5.29. The molecule has 0 saturated heterocycles. The molecule has 0 bridgehead atoms. The Hall–Kier alpha value is -1.55. The van der Waals surface area contributed by atoms with Crippen molar-refractivity contribution in [3.8, 4) is 0 Å². The Bertz CT molecular complexity index is 889.